The lowest BCUT2D eigenvalue weighted by Crippen LogP contribution is -2.40. The van der Waals surface area contributed by atoms with Crippen molar-refractivity contribution in [2.45, 2.75) is 38.6 Å². The predicted octanol–water partition coefficient (Wildman–Crippen LogP) is 2.97. The minimum atomic E-state index is -0.393. The number of amides is 1. The fraction of sp³-hybridized carbons (Fsp3) is 0.833. The fourth-order valence-electron chi connectivity index (χ4n) is 1.73. The number of nitrogens with zero attached hydrogens (tertiary/aromatic N) is 1. The van der Waals surface area contributed by atoms with Crippen molar-refractivity contribution in [3.8, 4) is 0 Å². The number of unbranched alkanes of at least 4 members (excludes halogenated alkanes) is 3. The molecule has 0 bridgehead atoms. The molecule has 0 aromatic rings. The molecule has 0 unspecified atom stereocenters. The van der Waals surface area contributed by atoms with Crippen LogP contribution in [0.3, 0.4) is 0 Å². The van der Waals surface area contributed by atoms with Crippen LogP contribution >= 0.6 is 23.5 Å². The second-order valence-electron chi connectivity index (χ2n) is 4.18. The molecule has 0 radical (unpaired) electrons. The van der Waals surface area contributed by atoms with Gasteiger partial charge in [0.2, 0.25) is 0 Å². The third kappa shape index (κ3) is 4.72. The Morgan fingerprint density at radius 1 is 1.39 bits per heavy atom. The van der Waals surface area contributed by atoms with E-state index >= 15 is 0 Å². The highest BCUT2D eigenvalue weighted by Gasteiger charge is 2.35. The Morgan fingerprint density at radius 3 is 2.83 bits per heavy atom. The molecule has 0 N–H and O–H groups in total. The zero-order valence-corrected chi connectivity index (χ0v) is 12.6. The van der Waals surface area contributed by atoms with Gasteiger partial charge in [-0.25, -0.2) is 4.79 Å². The molecular formula is C12H21NO3S2. The van der Waals surface area contributed by atoms with E-state index in [1.807, 2.05) is 0 Å². The monoisotopic (exact) mass is 291 g/mol. The highest BCUT2D eigenvalue weighted by atomic mass is 32.2. The van der Waals surface area contributed by atoms with E-state index in [1.54, 1.807) is 16.7 Å². The van der Waals surface area contributed by atoms with Crippen LogP contribution in [-0.2, 0) is 9.53 Å². The smallest absolute Gasteiger partial charge is 0.329 e. The number of ether oxygens (including phenoxy) is 1. The third-order valence-electron chi connectivity index (χ3n) is 2.81. The van der Waals surface area contributed by atoms with Crippen molar-refractivity contribution in [2.75, 3.05) is 24.5 Å². The number of esters is 1. The van der Waals surface area contributed by atoms with Gasteiger partial charge in [0, 0.05) is 11.5 Å². The van der Waals surface area contributed by atoms with Crippen molar-refractivity contribution >= 4 is 34.7 Å². The Morgan fingerprint density at radius 2 is 2.17 bits per heavy atom. The maximum absolute atomic E-state index is 12.0. The summed E-state index contributed by atoms with van der Waals surface area (Å²) in [7, 11) is 1.37. The molecule has 0 aromatic carbocycles. The van der Waals surface area contributed by atoms with Crippen molar-refractivity contribution < 1.29 is 14.3 Å². The standard InChI is InChI=1S/C12H21NO3S2/c1-3-4-5-6-7-18-12(15)13-9-17-8-10(13)11(14)16-2/h10H,3-9H2,1-2H3/t10-/m0/s1. The van der Waals surface area contributed by atoms with Crippen molar-refractivity contribution in [1.82, 2.24) is 4.90 Å². The third-order valence-corrected chi connectivity index (χ3v) is 4.80. The number of hydrogen-bond acceptors (Lipinski definition) is 5. The molecule has 0 spiro atoms. The Kier molecular flexibility index (Phi) is 7.58. The second kappa shape index (κ2) is 8.69. The van der Waals surface area contributed by atoms with Crippen LogP contribution in [0.5, 0.6) is 0 Å². The number of thioether (sulfide) groups is 2. The summed E-state index contributed by atoms with van der Waals surface area (Å²) in [6, 6.07) is -0.393. The summed E-state index contributed by atoms with van der Waals surface area (Å²) in [5, 5.41) is 0.00639. The molecule has 0 aliphatic carbocycles. The Hall–Kier alpha value is -0.360. The first kappa shape index (κ1) is 15.7. The van der Waals surface area contributed by atoms with E-state index in [4.69, 9.17) is 4.74 Å². The van der Waals surface area contributed by atoms with Gasteiger partial charge >= 0.3 is 5.97 Å². The van der Waals surface area contributed by atoms with Gasteiger partial charge in [-0.1, -0.05) is 37.9 Å². The van der Waals surface area contributed by atoms with E-state index in [1.165, 1.54) is 38.1 Å². The van der Waals surface area contributed by atoms with Gasteiger partial charge in [-0.2, -0.15) is 0 Å². The summed E-state index contributed by atoms with van der Waals surface area (Å²) in [6.45, 7) is 2.17. The van der Waals surface area contributed by atoms with Gasteiger partial charge in [0.15, 0.2) is 0 Å². The Labute approximate surface area is 117 Å². The molecule has 0 aromatic heterocycles. The van der Waals surface area contributed by atoms with Crippen LogP contribution < -0.4 is 0 Å². The molecule has 1 amide bonds. The zero-order chi connectivity index (χ0) is 13.4. The normalized spacial score (nSPS) is 19.0. The summed E-state index contributed by atoms with van der Waals surface area (Å²) in [6.07, 6.45) is 4.66. The van der Waals surface area contributed by atoms with Gasteiger partial charge in [-0.15, -0.1) is 11.8 Å². The van der Waals surface area contributed by atoms with E-state index < -0.39 is 6.04 Å². The van der Waals surface area contributed by atoms with Crippen molar-refractivity contribution in [2.24, 2.45) is 0 Å². The zero-order valence-electron chi connectivity index (χ0n) is 11.0. The van der Waals surface area contributed by atoms with Gasteiger partial charge in [-0.05, 0) is 6.42 Å². The van der Waals surface area contributed by atoms with E-state index in [0.717, 1.165) is 12.2 Å². The molecule has 1 aliphatic heterocycles. The first-order chi connectivity index (χ1) is 8.70. The van der Waals surface area contributed by atoms with Crippen LogP contribution in [0.15, 0.2) is 0 Å². The number of methoxy groups -OCH3 is 1. The van der Waals surface area contributed by atoms with Gasteiger partial charge in [0.25, 0.3) is 5.24 Å². The lowest BCUT2D eigenvalue weighted by molar-refractivity contribution is -0.144. The topological polar surface area (TPSA) is 46.6 Å². The van der Waals surface area contributed by atoms with Gasteiger partial charge in [0.1, 0.15) is 6.04 Å². The first-order valence-electron chi connectivity index (χ1n) is 6.29. The number of carbonyl (C=O) groups is 2. The van der Waals surface area contributed by atoms with E-state index in [-0.39, 0.29) is 11.2 Å². The summed E-state index contributed by atoms with van der Waals surface area (Å²) < 4.78 is 4.72. The van der Waals surface area contributed by atoms with E-state index in [0.29, 0.717) is 11.6 Å². The highest BCUT2D eigenvalue weighted by Crippen LogP contribution is 2.26. The quantitative estimate of drug-likeness (QED) is 0.556. The van der Waals surface area contributed by atoms with Crippen molar-refractivity contribution in [1.29, 1.82) is 0 Å². The molecule has 104 valence electrons. The molecule has 1 saturated heterocycles. The number of rotatable bonds is 6. The Balaban J connectivity index is 2.29. The molecule has 0 saturated carbocycles. The predicted molar refractivity (Wildman–Crippen MR) is 77.0 cm³/mol. The molecule has 18 heavy (non-hydrogen) atoms. The molecule has 1 heterocycles. The number of carbonyl (C=O) groups excluding carboxylic acids is 2. The fourth-order valence-corrected chi connectivity index (χ4v) is 3.83. The molecule has 4 nitrogen and oxygen atoms in total. The molecule has 1 atom stereocenters. The lowest BCUT2D eigenvalue weighted by atomic mass is 10.2. The van der Waals surface area contributed by atoms with E-state index in [9.17, 15) is 9.59 Å². The first-order valence-corrected chi connectivity index (χ1v) is 8.43. The van der Waals surface area contributed by atoms with Crippen LogP contribution in [0.25, 0.3) is 0 Å². The summed E-state index contributed by atoms with van der Waals surface area (Å²) >= 11 is 2.92. The average Bonchev–Trinajstić information content (AvgIpc) is 2.86. The lowest BCUT2D eigenvalue weighted by Gasteiger charge is -2.20. The van der Waals surface area contributed by atoms with Crippen molar-refractivity contribution in [3.63, 3.8) is 0 Å². The number of hydrogen-bond donors (Lipinski definition) is 0. The van der Waals surface area contributed by atoms with Gasteiger partial charge < -0.3 is 9.64 Å². The molecule has 1 aliphatic rings. The maximum atomic E-state index is 12.0. The summed E-state index contributed by atoms with van der Waals surface area (Å²) in [4.78, 5) is 25.1. The minimum Gasteiger partial charge on any atom is -0.467 e. The SMILES string of the molecule is CCCCCCSC(=O)N1CSC[C@H]1C(=O)OC. The molecular weight excluding hydrogens is 270 g/mol. The maximum Gasteiger partial charge on any atom is 0.329 e. The van der Waals surface area contributed by atoms with Crippen LogP contribution in [0, 0.1) is 0 Å². The Bertz CT molecular complexity index is 286. The molecule has 6 heteroatoms. The summed E-state index contributed by atoms with van der Waals surface area (Å²) in [5.41, 5.74) is 0. The molecule has 1 fully saturated rings. The van der Waals surface area contributed by atoms with Crippen LogP contribution in [0.1, 0.15) is 32.6 Å². The van der Waals surface area contributed by atoms with Gasteiger partial charge in [-0.3, -0.25) is 4.79 Å². The highest BCUT2D eigenvalue weighted by molar-refractivity contribution is 8.13. The van der Waals surface area contributed by atoms with Crippen LogP contribution in [-0.4, -0.2) is 46.6 Å². The minimum absolute atomic E-state index is 0.00639. The molecule has 1 rings (SSSR count). The largest absolute Gasteiger partial charge is 0.467 e. The van der Waals surface area contributed by atoms with E-state index in [2.05, 4.69) is 6.92 Å². The summed E-state index contributed by atoms with van der Waals surface area (Å²) in [5.74, 6) is 1.78. The van der Waals surface area contributed by atoms with Crippen LogP contribution in [0.2, 0.25) is 0 Å². The average molecular weight is 291 g/mol. The van der Waals surface area contributed by atoms with Crippen LogP contribution in [0.4, 0.5) is 4.79 Å². The second-order valence-corrected chi connectivity index (χ2v) is 6.23. The van der Waals surface area contributed by atoms with Gasteiger partial charge in [0.05, 0.1) is 13.0 Å². The van der Waals surface area contributed by atoms with Crippen molar-refractivity contribution in [3.05, 3.63) is 0 Å².